The molecule has 0 bridgehead atoms. The molecule has 0 unspecified atom stereocenters. The van der Waals surface area contributed by atoms with Crippen molar-refractivity contribution in [3.63, 3.8) is 0 Å². The summed E-state index contributed by atoms with van der Waals surface area (Å²) < 4.78 is 25.0. The van der Waals surface area contributed by atoms with Crippen molar-refractivity contribution in [2.75, 3.05) is 33.4 Å². The quantitative estimate of drug-likeness (QED) is 0.638. The fourth-order valence-corrected chi connectivity index (χ4v) is 3.61. The van der Waals surface area contributed by atoms with Crippen molar-refractivity contribution < 1.29 is 19.0 Å². The molecule has 0 saturated carbocycles. The molecule has 1 aliphatic heterocycles. The van der Waals surface area contributed by atoms with Gasteiger partial charge in [-0.3, -0.25) is 0 Å². The highest BCUT2D eigenvalue weighted by atomic mass is 19.1. The summed E-state index contributed by atoms with van der Waals surface area (Å²) in [4.78, 5) is 2.29. The smallest absolute Gasteiger partial charge is 0.161 e. The number of piperidine rings is 1. The summed E-state index contributed by atoms with van der Waals surface area (Å²) in [5, 5.41) is 13.6. The first-order valence-corrected chi connectivity index (χ1v) is 10.3. The van der Waals surface area contributed by atoms with Crippen LogP contribution in [0.1, 0.15) is 30.4 Å². The minimum atomic E-state index is -0.541. The number of rotatable bonds is 10. The maximum absolute atomic E-state index is 13.7. The molecule has 6 heteroatoms. The average Bonchev–Trinajstić information content (AvgIpc) is 2.74. The number of benzene rings is 2. The van der Waals surface area contributed by atoms with Crippen LogP contribution in [0.2, 0.25) is 0 Å². The number of halogens is 1. The molecular weight excluding hydrogens is 371 g/mol. The summed E-state index contributed by atoms with van der Waals surface area (Å²) in [7, 11) is 1.60. The molecule has 1 saturated heterocycles. The van der Waals surface area contributed by atoms with E-state index in [2.05, 4.69) is 10.2 Å². The Kier molecular flexibility index (Phi) is 8.28. The van der Waals surface area contributed by atoms with Gasteiger partial charge in [-0.15, -0.1) is 0 Å². The van der Waals surface area contributed by atoms with Gasteiger partial charge in [-0.1, -0.05) is 30.7 Å². The molecular formula is C23H31FN2O3. The number of likely N-dealkylation sites (tertiary alicyclic amines) is 1. The lowest BCUT2D eigenvalue weighted by atomic mass is 10.1. The molecule has 0 aliphatic carbocycles. The van der Waals surface area contributed by atoms with E-state index in [0.29, 0.717) is 36.7 Å². The maximum Gasteiger partial charge on any atom is 0.161 e. The molecule has 0 spiro atoms. The van der Waals surface area contributed by atoms with Gasteiger partial charge in [-0.2, -0.15) is 0 Å². The van der Waals surface area contributed by atoms with Gasteiger partial charge in [0.2, 0.25) is 0 Å². The van der Waals surface area contributed by atoms with Crippen molar-refractivity contribution in [2.24, 2.45) is 0 Å². The first kappa shape index (κ1) is 21.6. The fourth-order valence-electron chi connectivity index (χ4n) is 3.61. The summed E-state index contributed by atoms with van der Waals surface area (Å²) >= 11 is 0. The Bertz CT molecular complexity index is 766. The van der Waals surface area contributed by atoms with E-state index in [1.165, 1.54) is 25.3 Å². The minimum Gasteiger partial charge on any atom is -0.493 e. The number of aliphatic hydroxyl groups excluding tert-OH is 1. The van der Waals surface area contributed by atoms with E-state index in [9.17, 15) is 9.50 Å². The summed E-state index contributed by atoms with van der Waals surface area (Å²) in [6.07, 6.45) is 3.13. The van der Waals surface area contributed by atoms with Crippen LogP contribution < -0.4 is 14.8 Å². The van der Waals surface area contributed by atoms with Crippen molar-refractivity contribution in [1.82, 2.24) is 10.2 Å². The van der Waals surface area contributed by atoms with E-state index < -0.39 is 6.10 Å². The van der Waals surface area contributed by atoms with E-state index in [0.717, 1.165) is 18.7 Å². The van der Waals surface area contributed by atoms with Crippen LogP contribution in [0.5, 0.6) is 11.5 Å². The van der Waals surface area contributed by atoms with Gasteiger partial charge in [-0.05, 0) is 49.7 Å². The Morgan fingerprint density at radius 1 is 1.07 bits per heavy atom. The zero-order valence-corrected chi connectivity index (χ0v) is 17.1. The van der Waals surface area contributed by atoms with Gasteiger partial charge in [0, 0.05) is 25.2 Å². The number of hydrogen-bond acceptors (Lipinski definition) is 5. The van der Waals surface area contributed by atoms with E-state index in [1.807, 2.05) is 24.3 Å². The first-order chi connectivity index (χ1) is 14.2. The molecule has 0 radical (unpaired) electrons. The van der Waals surface area contributed by atoms with E-state index in [-0.39, 0.29) is 12.4 Å². The van der Waals surface area contributed by atoms with Gasteiger partial charge >= 0.3 is 0 Å². The standard InChI is InChI=1S/C23H31FN2O3/c1-28-22-10-9-18(14-25-15-19-7-3-4-8-21(19)24)13-23(22)29-17-20(27)16-26-11-5-2-6-12-26/h3-4,7-10,13,20,25,27H,2,5-6,11-12,14-17H2,1H3/t20-/m1/s1. The third-order valence-electron chi connectivity index (χ3n) is 5.18. The number of nitrogens with zero attached hydrogens (tertiary/aromatic N) is 1. The lowest BCUT2D eigenvalue weighted by molar-refractivity contribution is 0.0608. The number of ether oxygens (including phenoxy) is 2. The van der Waals surface area contributed by atoms with Crippen LogP contribution in [0.15, 0.2) is 42.5 Å². The summed E-state index contributed by atoms with van der Waals surface area (Å²) in [5.74, 6) is 1.03. The molecule has 0 aromatic heterocycles. The normalized spacial score (nSPS) is 15.8. The molecule has 1 atom stereocenters. The topological polar surface area (TPSA) is 54.0 Å². The molecule has 1 aliphatic rings. The third-order valence-corrected chi connectivity index (χ3v) is 5.18. The predicted octanol–water partition coefficient (Wildman–Crippen LogP) is 3.35. The summed E-state index contributed by atoms with van der Waals surface area (Å²) in [5.41, 5.74) is 1.64. The van der Waals surface area contributed by atoms with Gasteiger partial charge in [0.25, 0.3) is 0 Å². The molecule has 2 N–H and O–H groups in total. The van der Waals surface area contributed by atoms with Gasteiger partial charge in [0.15, 0.2) is 11.5 Å². The van der Waals surface area contributed by atoms with Gasteiger partial charge in [0.1, 0.15) is 18.5 Å². The zero-order valence-electron chi connectivity index (χ0n) is 17.1. The van der Waals surface area contributed by atoms with Crippen LogP contribution in [0.3, 0.4) is 0 Å². The van der Waals surface area contributed by atoms with Crippen molar-refractivity contribution in [1.29, 1.82) is 0 Å². The Morgan fingerprint density at radius 3 is 2.62 bits per heavy atom. The third kappa shape index (κ3) is 6.70. The highest BCUT2D eigenvalue weighted by molar-refractivity contribution is 5.43. The monoisotopic (exact) mass is 402 g/mol. The minimum absolute atomic E-state index is 0.207. The Labute approximate surface area is 172 Å². The van der Waals surface area contributed by atoms with Gasteiger partial charge in [-0.25, -0.2) is 4.39 Å². The van der Waals surface area contributed by atoms with Crippen LogP contribution in [0.4, 0.5) is 4.39 Å². The Morgan fingerprint density at radius 2 is 1.86 bits per heavy atom. The molecule has 5 nitrogen and oxygen atoms in total. The molecule has 2 aromatic rings. The van der Waals surface area contributed by atoms with Crippen LogP contribution in [0, 0.1) is 5.82 Å². The predicted molar refractivity (Wildman–Crippen MR) is 112 cm³/mol. The first-order valence-electron chi connectivity index (χ1n) is 10.3. The van der Waals surface area contributed by atoms with Crippen LogP contribution in [0.25, 0.3) is 0 Å². The van der Waals surface area contributed by atoms with E-state index in [1.54, 1.807) is 19.2 Å². The summed E-state index contributed by atoms with van der Waals surface area (Å²) in [6, 6.07) is 12.5. The lowest BCUT2D eigenvalue weighted by Crippen LogP contribution is -2.38. The van der Waals surface area contributed by atoms with Crippen molar-refractivity contribution in [2.45, 2.75) is 38.5 Å². The largest absolute Gasteiger partial charge is 0.493 e. The molecule has 158 valence electrons. The lowest BCUT2D eigenvalue weighted by Gasteiger charge is -2.28. The second kappa shape index (κ2) is 11.1. The van der Waals surface area contributed by atoms with Gasteiger partial charge < -0.3 is 24.8 Å². The van der Waals surface area contributed by atoms with Crippen molar-refractivity contribution in [3.05, 3.63) is 59.4 Å². The maximum atomic E-state index is 13.7. The van der Waals surface area contributed by atoms with Crippen LogP contribution in [-0.4, -0.2) is 49.5 Å². The Balaban J connectivity index is 1.51. The summed E-state index contributed by atoms with van der Waals surface area (Å²) in [6.45, 7) is 3.97. The zero-order chi connectivity index (χ0) is 20.5. The second-order valence-electron chi connectivity index (χ2n) is 7.51. The van der Waals surface area contributed by atoms with Crippen molar-refractivity contribution >= 4 is 0 Å². The van der Waals surface area contributed by atoms with Crippen molar-refractivity contribution in [3.8, 4) is 11.5 Å². The number of aliphatic hydroxyl groups is 1. The number of nitrogens with one attached hydrogen (secondary N) is 1. The number of hydrogen-bond donors (Lipinski definition) is 2. The molecule has 29 heavy (non-hydrogen) atoms. The molecule has 2 aromatic carbocycles. The molecule has 1 heterocycles. The average molecular weight is 403 g/mol. The molecule has 0 amide bonds. The molecule has 3 rings (SSSR count). The highest BCUT2D eigenvalue weighted by Gasteiger charge is 2.16. The van der Waals surface area contributed by atoms with Gasteiger partial charge in [0.05, 0.1) is 7.11 Å². The highest BCUT2D eigenvalue weighted by Crippen LogP contribution is 2.28. The fraction of sp³-hybridized carbons (Fsp3) is 0.478. The number of β-amino-alcohol motifs (C(OH)–C–C–N with tert-alkyl or cyclic N) is 1. The van der Waals surface area contributed by atoms with E-state index in [4.69, 9.17) is 9.47 Å². The SMILES string of the molecule is COc1ccc(CNCc2ccccc2F)cc1OC[C@H](O)CN1CCCCC1. The van der Waals surface area contributed by atoms with Crippen LogP contribution in [-0.2, 0) is 13.1 Å². The Hall–Kier alpha value is -2.15. The molecule has 1 fully saturated rings. The van der Waals surface area contributed by atoms with Crippen LogP contribution >= 0.6 is 0 Å². The number of methoxy groups -OCH3 is 1. The second-order valence-corrected chi connectivity index (χ2v) is 7.51. The van der Waals surface area contributed by atoms with E-state index >= 15 is 0 Å².